The number of carbonyl (C=O) groups excluding carboxylic acids is 3. The third kappa shape index (κ3) is 4.86. The van der Waals surface area contributed by atoms with Gasteiger partial charge in [0.25, 0.3) is 11.6 Å². The standard InChI is InChI=1S/C40H55N3O5/c1-24-15-18-40(35(46)42-22-21-41-34(45)27-9-11-28(12-10-27)43(47)48)20-19-38(7)29(32(40)26(24)3)13-14-31-37(6)23-25(2)33(44)36(4,5)30(37)16-17-39(31,38)8/h9-13,24,26,30-32H,2,14-23H2,1,3-8H3,(H,41,45)(H,42,46)/t24-,26+,30+,31-,32+,37+,38-,39-,40+/m1/s1. The number of hydrogen-bond donors (Lipinski definition) is 2. The summed E-state index contributed by atoms with van der Waals surface area (Å²) in [5, 5.41) is 17.0. The van der Waals surface area contributed by atoms with Crippen molar-refractivity contribution in [1.29, 1.82) is 0 Å². The number of nitro groups is 1. The molecule has 0 heterocycles. The van der Waals surface area contributed by atoms with Crippen molar-refractivity contribution in [3.05, 3.63) is 63.7 Å². The van der Waals surface area contributed by atoms with Crippen molar-refractivity contribution in [1.82, 2.24) is 10.6 Å². The molecular formula is C40H55N3O5. The molecule has 0 unspecified atom stereocenters. The summed E-state index contributed by atoms with van der Waals surface area (Å²) in [5.41, 5.74) is 1.73. The summed E-state index contributed by atoms with van der Waals surface area (Å²) in [4.78, 5) is 50.9. The van der Waals surface area contributed by atoms with Gasteiger partial charge in [-0.15, -0.1) is 0 Å². The fraction of sp³-hybridized carbons (Fsp3) is 0.675. The number of ketones is 1. The summed E-state index contributed by atoms with van der Waals surface area (Å²) in [6.45, 7) is 21.4. The van der Waals surface area contributed by atoms with Crippen LogP contribution in [0, 0.1) is 66.8 Å². The summed E-state index contributed by atoms with van der Waals surface area (Å²) in [7, 11) is 0. The highest BCUT2D eigenvalue weighted by atomic mass is 16.6. The van der Waals surface area contributed by atoms with Gasteiger partial charge in [0, 0.05) is 36.2 Å². The largest absolute Gasteiger partial charge is 0.354 e. The van der Waals surface area contributed by atoms with Gasteiger partial charge < -0.3 is 10.6 Å². The topological polar surface area (TPSA) is 118 Å². The van der Waals surface area contributed by atoms with E-state index >= 15 is 0 Å². The number of fused-ring (bicyclic) bond motifs is 7. The van der Waals surface area contributed by atoms with Crippen LogP contribution >= 0.6 is 0 Å². The van der Waals surface area contributed by atoms with Crippen LogP contribution in [0.5, 0.6) is 0 Å². The van der Waals surface area contributed by atoms with Crippen molar-refractivity contribution in [2.75, 3.05) is 13.1 Å². The van der Waals surface area contributed by atoms with Crippen molar-refractivity contribution in [3.8, 4) is 0 Å². The Kier molecular flexibility index (Phi) is 8.39. The van der Waals surface area contributed by atoms with E-state index in [0.29, 0.717) is 35.8 Å². The number of benzene rings is 1. The summed E-state index contributed by atoms with van der Waals surface area (Å²) in [5.74, 6) is 1.86. The molecule has 4 saturated carbocycles. The number of amides is 2. The van der Waals surface area contributed by atoms with Gasteiger partial charge in [-0.2, -0.15) is 0 Å². The highest BCUT2D eigenvalue weighted by Gasteiger charge is 2.69. The first-order valence-electron chi connectivity index (χ1n) is 18.2. The van der Waals surface area contributed by atoms with Crippen molar-refractivity contribution in [2.24, 2.45) is 56.7 Å². The molecule has 0 radical (unpaired) electrons. The summed E-state index contributed by atoms with van der Waals surface area (Å²) in [6.07, 6.45) is 10.2. The third-order valence-electron chi connectivity index (χ3n) is 15.1. The minimum atomic E-state index is -0.491. The molecule has 8 nitrogen and oxygen atoms in total. The van der Waals surface area contributed by atoms with Crippen molar-refractivity contribution >= 4 is 23.3 Å². The van der Waals surface area contributed by atoms with Crippen LogP contribution in [0.3, 0.4) is 0 Å². The molecule has 0 bridgehead atoms. The van der Waals surface area contributed by atoms with Gasteiger partial charge in [-0.3, -0.25) is 24.5 Å². The molecule has 2 N–H and O–H groups in total. The molecule has 260 valence electrons. The first kappa shape index (κ1) is 34.6. The van der Waals surface area contributed by atoms with E-state index in [1.165, 1.54) is 29.8 Å². The molecule has 8 heteroatoms. The average molecular weight is 658 g/mol. The van der Waals surface area contributed by atoms with Crippen molar-refractivity contribution < 1.29 is 19.3 Å². The molecule has 48 heavy (non-hydrogen) atoms. The number of Topliss-reactive ketones (excluding diaryl/α,β-unsaturated/α-hetero) is 1. The molecule has 0 saturated heterocycles. The first-order chi connectivity index (χ1) is 22.4. The van der Waals surface area contributed by atoms with Crippen molar-refractivity contribution in [3.63, 3.8) is 0 Å². The number of nitrogens with one attached hydrogen (secondary N) is 2. The number of non-ortho nitro benzene ring substituents is 1. The lowest BCUT2D eigenvalue weighted by Crippen LogP contribution is -2.65. The van der Waals surface area contributed by atoms with Crippen LogP contribution in [0.15, 0.2) is 48.1 Å². The molecule has 1 aromatic rings. The van der Waals surface area contributed by atoms with Crippen LogP contribution in [0.1, 0.15) is 110 Å². The van der Waals surface area contributed by atoms with Crippen molar-refractivity contribution in [2.45, 2.75) is 99.8 Å². The van der Waals surface area contributed by atoms with E-state index in [1.807, 2.05) is 0 Å². The number of allylic oxidation sites excluding steroid dienone is 3. The first-order valence-corrected chi connectivity index (χ1v) is 18.2. The predicted octanol–water partition coefficient (Wildman–Crippen LogP) is 7.83. The van der Waals surface area contributed by atoms with E-state index in [2.05, 4.69) is 71.8 Å². The highest BCUT2D eigenvalue weighted by Crippen LogP contribution is 2.75. The quantitative estimate of drug-likeness (QED) is 0.106. The van der Waals surface area contributed by atoms with Crippen LogP contribution in [0.25, 0.3) is 0 Å². The van der Waals surface area contributed by atoms with Gasteiger partial charge in [0.2, 0.25) is 5.91 Å². The monoisotopic (exact) mass is 657 g/mol. The summed E-state index contributed by atoms with van der Waals surface area (Å²) >= 11 is 0. The van der Waals surface area contributed by atoms with E-state index in [4.69, 9.17) is 0 Å². The van der Waals surface area contributed by atoms with E-state index < -0.39 is 15.8 Å². The lowest BCUT2D eigenvalue weighted by atomic mass is 9.33. The van der Waals surface area contributed by atoms with Gasteiger partial charge >= 0.3 is 0 Å². The predicted molar refractivity (Wildman–Crippen MR) is 187 cm³/mol. The summed E-state index contributed by atoms with van der Waals surface area (Å²) in [6, 6.07) is 5.53. The van der Waals surface area contributed by atoms with Crippen LogP contribution in [0.4, 0.5) is 5.69 Å². The van der Waals surface area contributed by atoms with Gasteiger partial charge in [0.05, 0.1) is 10.3 Å². The molecule has 0 aliphatic heterocycles. The van der Waals surface area contributed by atoms with E-state index in [-0.39, 0.29) is 52.0 Å². The Bertz CT molecular complexity index is 1580. The van der Waals surface area contributed by atoms with Gasteiger partial charge in [-0.1, -0.05) is 66.7 Å². The smallest absolute Gasteiger partial charge is 0.269 e. The molecule has 5 aliphatic carbocycles. The maximum absolute atomic E-state index is 14.4. The number of rotatable bonds is 6. The van der Waals surface area contributed by atoms with Crippen LogP contribution in [-0.4, -0.2) is 35.6 Å². The number of carbonyl (C=O) groups is 3. The third-order valence-corrected chi connectivity index (χ3v) is 15.1. The maximum Gasteiger partial charge on any atom is 0.269 e. The lowest BCUT2D eigenvalue weighted by molar-refractivity contribution is -0.384. The Morgan fingerprint density at radius 2 is 1.60 bits per heavy atom. The second-order valence-electron chi connectivity index (χ2n) is 17.5. The second-order valence-corrected chi connectivity index (χ2v) is 17.5. The van der Waals surface area contributed by atoms with E-state index in [1.54, 1.807) is 0 Å². The molecule has 1 aromatic carbocycles. The zero-order valence-electron chi connectivity index (χ0n) is 30.0. The van der Waals surface area contributed by atoms with Crippen LogP contribution < -0.4 is 10.6 Å². The Hall–Kier alpha value is -3.29. The van der Waals surface area contributed by atoms with Gasteiger partial charge in [0.15, 0.2) is 5.78 Å². The molecule has 2 amide bonds. The molecule has 6 rings (SSSR count). The van der Waals surface area contributed by atoms with Crippen LogP contribution in [0.2, 0.25) is 0 Å². The zero-order valence-corrected chi connectivity index (χ0v) is 30.0. The number of nitrogens with zero attached hydrogens (tertiary/aromatic N) is 1. The van der Waals surface area contributed by atoms with E-state index in [0.717, 1.165) is 56.9 Å². The van der Waals surface area contributed by atoms with E-state index in [9.17, 15) is 24.5 Å². The maximum atomic E-state index is 14.4. The SMILES string of the molecule is C=C1C[C@]2(C)[C@H]3CC=C4[C@@H]5[C@@H](C)[C@H](C)CC[C@]5(C(=O)NCCNC(=O)c5ccc([N+](=O)[O-])cc5)CC[C@@]4(C)[C@]3(C)CC[C@H]2C(C)(C)C1=O. The molecule has 0 spiro atoms. The number of hydrogen-bond acceptors (Lipinski definition) is 5. The highest BCUT2D eigenvalue weighted by molar-refractivity contribution is 6.00. The molecule has 0 aromatic heterocycles. The Balaban J connectivity index is 1.23. The molecule has 4 fully saturated rings. The molecule has 9 atom stereocenters. The summed E-state index contributed by atoms with van der Waals surface area (Å²) < 4.78 is 0. The minimum Gasteiger partial charge on any atom is -0.354 e. The fourth-order valence-corrected chi connectivity index (χ4v) is 12.2. The fourth-order valence-electron chi connectivity index (χ4n) is 12.2. The van der Waals surface area contributed by atoms with Gasteiger partial charge in [0.1, 0.15) is 0 Å². The Labute approximate surface area is 286 Å². The molecular weight excluding hydrogens is 602 g/mol. The average Bonchev–Trinajstić information content (AvgIpc) is 3.03. The number of nitro benzene ring substituents is 1. The normalized spacial score (nSPS) is 39.9. The van der Waals surface area contributed by atoms with Crippen LogP contribution in [-0.2, 0) is 9.59 Å². The lowest BCUT2D eigenvalue weighted by Gasteiger charge is -2.71. The Morgan fingerprint density at radius 1 is 0.938 bits per heavy atom. The molecule has 5 aliphatic rings. The zero-order chi connectivity index (χ0) is 35.0. The Morgan fingerprint density at radius 3 is 2.27 bits per heavy atom. The van der Waals surface area contributed by atoms with Gasteiger partial charge in [-0.25, -0.2) is 0 Å². The second kappa shape index (κ2) is 11.7. The minimum absolute atomic E-state index is 0.00280. The van der Waals surface area contributed by atoms with Gasteiger partial charge in [-0.05, 0) is 115 Å².